The predicted octanol–water partition coefficient (Wildman–Crippen LogP) is 15.6. The Bertz CT molecular complexity index is 1510. The maximum atomic E-state index is 13.4. The van der Waals surface area contributed by atoms with Crippen LogP contribution in [0.2, 0.25) is 0 Å². The van der Waals surface area contributed by atoms with Crippen molar-refractivity contribution < 1.29 is 28.5 Å². The highest BCUT2D eigenvalue weighted by atomic mass is 16.6. The van der Waals surface area contributed by atoms with Gasteiger partial charge in [0, 0.05) is 19.6 Å². The predicted molar refractivity (Wildman–Crippen MR) is 286 cm³/mol. The molecular formula is C61H108N2O6. The summed E-state index contributed by atoms with van der Waals surface area (Å²) in [5.74, 6) is 4.25. The van der Waals surface area contributed by atoms with Gasteiger partial charge < -0.3 is 29.2 Å². The molecule has 10 atom stereocenters. The van der Waals surface area contributed by atoms with Crippen molar-refractivity contribution in [3.05, 3.63) is 23.8 Å². The van der Waals surface area contributed by atoms with E-state index in [4.69, 9.17) is 18.9 Å². The van der Waals surface area contributed by atoms with E-state index in [-0.39, 0.29) is 30.1 Å². The molecule has 69 heavy (non-hydrogen) atoms. The molecule has 1 saturated heterocycles. The highest BCUT2D eigenvalue weighted by Crippen LogP contribution is 2.67. The Kier molecular flexibility index (Phi) is 26.0. The third-order valence-corrected chi connectivity index (χ3v) is 18.4. The fourth-order valence-corrected chi connectivity index (χ4v) is 14.3. The van der Waals surface area contributed by atoms with Gasteiger partial charge in [-0.25, -0.2) is 9.59 Å². The quantitative estimate of drug-likeness (QED) is 0.0398. The summed E-state index contributed by atoms with van der Waals surface area (Å²) in [6, 6.07) is -0.783. The molecule has 5 aliphatic rings. The number of esters is 1. The smallest absolute Gasteiger partial charge is 0.408 e. The number of hydrogen-bond acceptors (Lipinski definition) is 7. The van der Waals surface area contributed by atoms with Crippen LogP contribution in [0.25, 0.3) is 0 Å². The van der Waals surface area contributed by atoms with Crippen molar-refractivity contribution in [3.63, 3.8) is 0 Å². The zero-order chi connectivity index (χ0) is 49.5. The van der Waals surface area contributed by atoms with Crippen LogP contribution in [0, 0.1) is 52.3 Å². The van der Waals surface area contributed by atoms with E-state index in [0.717, 1.165) is 87.4 Å². The van der Waals surface area contributed by atoms with Crippen LogP contribution in [-0.2, 0) is 23.7 Å². The molecule has 1 amide bonds. The minimum Gasteiger partial charge on any atom is -0.462 e. The molecule has 1 heterocycles. The van der Waals surface area contributed by atoms with Crippen molar-refractivity contribution in [2.75, 3.05) is 46.1 Å². The molecule has 398 valence electrons. The summed E-state index contributed by atoms with van der Waals surface area (Å²) in [6.07, 6.45) is 42.1. The maximum absolute atomic E-state index is 13.4. The number of ether oxygens (including phenoxy) is 4. The molecule has 0 aromatic rings. The Labute approximate surface area is 424 Å². The number of rotatable bonds is 33. The van der Waals surface area contributed by atoms with Crippen molar-refractivity contribution >= 4 is 12.1 Å². The first kappa shape index (κ1) is 58.0. The van der Waals surface area contributed by atoms with Gasteiger partial charge >= 0.3 is 12.1 Å². The van der Waals surface area contributed by atoms with E-state index < -0.39 is 18.1 Å². The molecule has 2 unspecified atom stereocenters. The average Bonchev–Trinajstić information content (AvgIpc) is 3.69. The van der Waals surface area contributed by atoms with Gasteiger partial charge in [-0.1, -0.05) is 163 Å². The molecule has 0 radical (unpaired) electrons. The summed E-state index contributed by atoms with van der Waals surface area (Å²) in [5.41, 5.74) is 2.18. The lowest BCUT2D eigenvalue weighted by atomic mass is 9.47. The lowest BCUT2D eigenvalue weighted by Crippen LogP contribution is -2.51. The fourth-order valence-electron chi connectivity index (χ4n) is 14.3. The first-order valence-electron chi connectivity index (χ1n) is 29.8. The van der Waals surface area contributed by atoms with Gasteiger partial charge in [-0.05, 0) is 155 Å². The lowest BCUT2D eigenvalue weighted by Gasteiger charge is -2.58. The van der Waals surface area contributed by atoms with Crippen LogP contribution < -0.4 is 5.32 Å². The topological polar surface area (TPSA) is 86.3 Å². The number of alkyl carbamates (subject to hydrolysis) is 1. The standard InChI is InChI=1S/C61H108N2O6/c1-9-10-11-12-13-14-15-16-17-18-19-20-21-22-23-27-41-66-46-52(45-63-39-25-24-26-40-63)67-42-43-68-58(64)57(48(4)5)62-59(65)69-51-35-37-60(7)50(44-51)31-32-53-55-34-33-54(49(6)30-28-29-47(2)3)61(55,8)38-36-56(53)60/h16-17,31,47-49,51-57H,9-15,18-30,32-46H2,1-8H3,(H,62,65)/t49-,51?,52?,53+,54-,55+,56+,57+,60+,61-/m1/s1. The van der Waals surface area contributed by atoms with Crippen molar-refractivity contribution in [1.82, 2.24) is 10.2 Å². The number of amides is 1. The summed E-state index contributed by atoms with van der Waals surface area (Å²) < 4.78 is 24.4. The number of unbranched alkanes of at least 4 members (excludes halogenated alkanes) is 12. The number of fused-ring (bicyclic) bond motifs is 5. The number of carbonyl (C=O) groups is 2. The van der Waals surface area contributed by atoms with Crippen molar-refractivity contribution in [1.29, 1.82) is 0 Å². The van der Waals surface area contributed by atoms with E-state index in [1.807, 2.05) is 13.8 Å². The van der Waals surface area contributed by atoms with E-state index in [0.29, 0.717) is 18.6 Å². The summed E-state index contributed by atoms with van der Waals surface area (Å²) in [4.78, 5) is 29.4. The molecule has 5 rings (SSSR count). The molecule has 0 aromatic heterocycles. The van der Waals surface area contributed by atoms with Crippen molar-refractivity contribution in [2.24, 2.45) is 52.3 Å². The molecule has 8 nitrogen and oxygen atoms in total. The molecule has 0 spiro atoms. The van der Waals surface area contributed by atoms with Crippen LogP contribution in [0.3, 0.4) is 0 Å². The van der Waals surface area contributed by atoms with Crippen LogP contribution in [0.15, 0.2) is 23.8 Å². The normalized spacial score (nSPS) is 28.5. The van der Waals surface area contributed by atoms with Gasteiger partial charge in [0.2, 0.25) is 0 Å². The average molecular weight is 966 g/mol. The Morgan fingerprint density at radius 3 is 2.16 bits per heavy atom. The summed E-state index contributed by atoms with van der Waals surface area (Å²) >= 11 is 0. The zero-order valence-corrected chi connectivity index (χ0v) is 46.2. The molecule has 0 bridgehead atoms. The van der Waals surface area contributed by atoms with E-state index in [9.17, 15) is 9.59 Å². The third kappa shape index (κ3) is 18.5. The molecule has 8 heteroatoms. The monoisotopic (exact) mass is 965 g/mol. The van der Waals surface area contributed by atoms with E-state index in [1.165, 1.54) is 160 Å². The molecule has 0 aromatic carbocycles. The summed E-state index contributed by atoms with van der Waals surface area (Å²) in [5, 5.41) is 2.91. The SMILES string of the molecule is CCCCCCCCC=CCCCCCCCCOCC(CN1CCCCC1)OCCOC(=O)[C@@H](NC(=O)OC1CC[C@@]2(C)C(=CC[C@H]3[C@@H]4CC[C@H]([C@H](C)CCCC(C)C)[C@@]4(C)CC[C@@H]32)C1)C(C)C. The molecule has 1 N–H and O–H groups in total. The van der Waals surface area contributed by atoms with Gasteiger partial charge in [0.15, 0.2) is 0 Å². The first-order valence-corrected chi connectivity index (χ1v) is 29.8. The molecule has 4 fully saturated rings. The second-order valence-electron chi connectivity index (χ2n) is 24.5. The van der Waals surface area contributed by atoms with Gasteiger partial charge in [0.25, 0.3) is 0 Å². The van der Waals surface area contributed by atoms with Crippen molar-refractivity contribution in [3.8, 4) is 0 Å². The lowest BCUT2D eigenvalue weighted by molar-refractivity contribution is -0.150. The number of nitrogens with zero attached hydrogens (tertiary/aromatic N) is 1. The minimum atomic E-state index is -0.783. The summed E-state index contributed by atoms with van der Waals surface area (Å²) in [7, 11) is 0. The Hall–Kier alpha value is -1.90. The molecule has 4 aliphatic carbocycles. The number of likely N-dealkylation sites (tertiary alicyclic amines) is 1. The van der Waals surface area contributed by atoms with Gasteiger partial charge in [0.05, 0.1) is 19.3 Å². The van der Waals surface area contributed by atoms with Crippen molar-refractivity contribution in [2.45, 2.75) is 253 Å². The second kappa shape index (κ2) is 31.0. The summed E-state index contributed by atoms with van der Waals surface area (Å²) in [6.45, 7) is 23.4. The number of piperidine rings is 1. The van der Waals surface area contributed by atoms with Crippen LogP contribution in [0.5, 0.6) is 0 Å². The third-order valence-electron chi connectivity index (χ3n) is 18.4. The molecule has 3 saturated carbocycles. The Morgan fingerprint density at radius 1 is 0.768 bits per heavy atom. The first-order chi connectivity index (χ1) is 33.4. The number of hydrogen-bond donors (Lipinski definition) is 1. The maximum Gasteiger partial charge on any atom is 0.408 e. The van der Waals surface area contributed by atoms with E-state index in [2.05, 4.69) is 70.0 Å². The Morgan fingerprint density at radius 2 is 1.46 bits per heavy atom. The second-order valence-corrected chi connectivity index (χ2v) is 24.5. The van der Waals surface area contributed by atoms with Gasteiger partial charge in [-0.2, -0.15) is 0 Å². The van der Waals surface area contributed by atoms with E-state index >= 15 is 0 Å². The number of allylic oxidation sites excluding steroid dienone is 3. The van der Waals surface area contributed by atoms with Crippen LogP contribution in [-0.4, -0.2) is 81.3 Å². The minimum absolute atomic E-state index is 0.0705. The van der Waals surface area contributed by atoms with Crippen LogP contribution >= 0.6 is 0 Å². The Balaban J connectivity index is 0.974. The van der Waals surface area contributed by atoms with Crippen LogP contribution in [0.1, 0.15) is 235 Å². The highest BCUT2D eigenvalue weighted by Gasteiger charge is 2.59. The fraction of sp³-hybridized carbons (Fsp3) is 0.902. The van der Waals surface area contributed by atoms with E-state index in [1.54, 1.807) is 0 Å². The van der Waals surface area contributed by atoms with Crippen LogP contribution in [0.4, 0.5) is 4.79 Å². The van der Waals surface area contributed by atoms with Gasteiger partial charge in [0.1, 0.15) is 18.8 Å². The zero-order valence-electron chi connectivity index (χ0n) is 46.2. The van der Waals surface area contributed by atoms with Gasteiger partial charge in [-0.15, -0.1) is 0 Å². The number of nitrogens with one attached hydrogen (secondary N) is 1. The number of carbonyl (C=O) groups excluding carboxylic acids is 2. The molecule has 1 aliphatic heterocycles. The highest BCUT2D eigenvalue weighted by molar-refractivity contribution is 5.81. The largest absolute Gasteiger partial charge is 0.462 e. The molecular weight excluding hydrogens is 857 g/mol. The van der Waals surface area contributed by atoms with Gasteiger partial charge in [-0.3, -0.25) is 0 Å².